The van der Waals surface area contributed by atoms with Crippen LogP contribution in [0.4, 0.5) is 10.2 Å². The van der Waals surface area contributed by atoms with Crippen molar-refractivity contribution in [3.63, 3.8) is 0 Å². The van der Waals surface area contributed by atoms with Gasteiger partial charge >= 0.3 is 0 Å². The third kappa shape index (κ3) is 3.22. The number of amides is 1. The van der Waals surface area contributed by atoms with Gasteiger partial charge in [-0.2, -0.15) is 4.52 Å². The van der Waals surface area contributed by atoms with Crippen molar-refractivity contribution in [3.05, 3.63) is 53.6 Å². The van der Waals surface area contributed by atoms with Crippen LogP contribution in [0.15, 0.2) is 36.7 Å². The number of benzene rings is 1. The maximum absolute atomic E-state index is 13.2. The number of aromatic nitrogens is 4. The average Bonchev–Trinajstić information content (AvgIpc) is 3.12. The van der Waals surface area contributed by atoms with Crippen LogP contribution < -0.4 is 4.90 Å². The highest BCUT2D eigenvalue weighted by Crippen LogP contribution is 2.16. The second-order valence-electron chi connectivity index (χ2n) is 6.44. The Kier molecular flexibility index (Phi) is 4.24. The summed E-state index contributed by atoms with van der Waals surface area (Å²) in [5, 5.41) is 12.3. The largest absolute Gasteiger partial charge is 0.352 e. The van der Waals surface area contributed by atoms with E-state index in [9.17, 15) is 9.18 Å². The molecule has 0 bridgehead atoms. The Morgan fingerprint density at radius 1 is 1.15 bits per heavy atom. The quantitative estimate of drug-likeness (QED) is 0.712. The molecule has 0 radical (unpaired) electrons. The minimum atomic E-state index is -0.273. The minimum Gasteiger partial charge on any atom is -0.352 e. The Bertz CT molecular complexity index is 948. The van der Waals surface area contributed by atoms with E-state index in [-0.39, 0.29) is 11.7 Å². The van der Waals surface area contributed by atoms with Gasteiger partial charge in [-0.05, 0) is 42.3 Å². The fourth-order valence-corrected chi connectivity index (χ4v) is 3.20. The van der Waals surface area contributed by atoms with Gasteiger partial charge in [0, 0.05) is 26.2 Å². The zero-order valence-corrected chi connectivity index (χ0v) is 14.5. The van der Waals surface area contributed by atoms with Crippen LogP contribution >= 0.6 is 0 Å². The number of halogens is 1. The van der Waals surface area contributed by atoms with Crippen LogP contribution in [0.25, 0.3) is 5.65 Å². The van der Waals surface area contributed by atoms with Gasteiger partial charge in [0.15, 0.2) is 5.65 Å². The van der Waals surface area contributed by atoms with E-state index in [1.54, 1.807) is 16.9 Å². The molecule has 0 N–H and O–H groups in total. The Morgan fingerprint density at radius 3 is 2.73 bits per heavy atom. The van der Waals surface area contributed by atoms with Crippen molar-refractivity contribution in [2.24, 2.45) is 0 Å². The van der Waals surface area contributed by atoms with E-state index in [0.29, 0.717) is 25.2 Å². The van der Waals surface area contributed by atoms with Gasteiger partial charge in [0.2, 0.25) is 5.91 Å². The number of hydrogen-bond acceptors (Lipinski definition) is 5. The highest BCUT2D eigenvalue weighted by Gasteiger charge is 2.22. The zero-order valence-electron chi connectivity index (χ0n) is 14.5. The van der Waals surface area contributed by atoms with E-state index in [1.165, 1.54) is 12.1 Å². The Labute approximate surface area is 150 Å². The molecule has 7 nitrogen and oxygen atoms in total. The molecule has 0 unspecified atom stereocenters. The van der Waals surface area contributed by atoms with Crippen molar-refractivity contribution in [3.8, 4) is 0 Å². The normalized spacial score (nSPS) is 14.8. The summed E-state index contributed by atoms with van der Waals surface area (Å²) in [6.07, 6.45) is 1.88. The summed E-state index contributed by atoms with van der Waals surface area (Å²) < 4.78 is 14.8. The topological polar surface area (TPSA) is 66.6 Å². The summed E-state index contributed by atoms with van der Waals surface area (Å²) in [6, 6.07) is 8.36. The van der Waals surface area contributed by atoms with E-state index >= 15 is 0 Å². The lowest BCUT2D eigenvalue weighted by Gasteiger charge is -2.35. The van der Waals surface area contributed by atoms with Crippen LogP contribution in [0.1, 0.15) is 11.1 Å². The highest BCUT2D eigenvalue weighted by atomic mass is 19.1. The van der Waals surface area contributed by atoms with Gasteiger partial charge in [-0.25, -0.2) is 4.39 Å². The molecule has 8 heteroatoms. The predicted octanol–water partition coefficient (Wildman–Crippen LogP) is 1.46. The number of nitrogens with zero attached hydrogens (tertiary/aromatic N) is 6. The third-order valence-corrected chi connectivity index (χ3v) is 4.75. The smallest absolute Gasteiger partial charge is 0.227 e. The second-order valence-corrected chi connectivity index (χ2v) is 6.44. The molecule has 1 amide bonds. The van der Waals surface area contributed by atoms with Crippen LogP contribution in [0.2, 0.25) is 0 Å². The third-order valence-electron chi connectivity index (χ3n) is 4.75. The van der Waals surface area contributed by atoms with Crippen LogP contribution in [0.3, 0.4) is 0 Å². The molecule has 3 aromatic rings. The average molecular weight is 354 g/mol. The lowest BCUT2D eigenvalue weighted by molar-refractivity contribution is -0.130. The molecule has 1 aliphatic heterocycles. The van der Waals surface area contributed by atoms with Crippen molar-refractivity contribution in [2.75, 3.05) is 31.1 Å². The van der Waals surface area contributed by atoms with E-state index in [4.69, 9.17) is 0 Å². The molecule has 0 aliphatic carbocycles. The molecule has 0 spiro atoms. The van der Waals surface area contributed by atoms with Gasteiger partial charge in [0.25, 0.3) is 0 Å². The number of carbonyl (C=O) groups excluding carboxylic acids is 1. The summed E-state index contributed by atoms with van der Waals surface area (Å²) in [5.41, 5.74) is 2.39. The lowest BCUT2D eigenvalue weighted by Crippen LogP contribution is -2.49. The number of fused-ring (bicyclic) bond motifs is 1. The number of rotatable bonds is 3. The summed E-state index contributed by atoms with van der Waals surface area (Å²) in [7, 11) is 0. The van der Waals surface area contributed by atoms with E-state index < -0.39 is 0 Å². The Hall–Kier alpha value is -3.03. The highest BCUT2D eigenvalue weighted by molar-refractivity contribution is 5.79. The second kappa shape index (κ2) is 6.70. The molecule has 134 valence electrons. The van der Waals surface area contributed by atoms with Gasteiger partial charge in [-0.3, -0.25) is 4.79 Å². The van der Waals surface area contributed by atoms with Crippen LogP contribution in [-0.2, 0) is 11.2 Å². The molecule has 0 saturated carbocycles. The molecular formula is C18H19FN6O. The molecule has 4 rings (SSSR count). The Balaban J connectivity index is 1.38. The van der Waals surface area contributed by atoms with Gasteiger partial charge < -0.3 is 9.80 Å². The molecule has 1 aliphatic rings. The maximum atomic E-state index is 13.2. The SMILES string of the molecule is Cc1cc(F)ccc1CC(=O)N1CCN(c2ccc3nncn3n2)CC1. The number of piperazine rings is 1. The fourth-order valence-electron chi connectivity index (χ4n) is 3.20. The summed E-state index contributed by atoms with van der Waals surface area (Å²) in [6.45, 7) is 4.54. The van der Waals surface area contributed by atoms with Crippen molar-refractivity contribution >= 4 is 17.4 Å². The van der Waals surface area contributed by atoms with Gasteiger partial charge in [-0.1, -0.05) is 6.07 Å². The number of hydrogen-bond donors (Lipinski definition) is 0. The summed E-state index contributed by atoms with van der Waals surface area (Å²) in [4.78, 5) is 16.6. The van der Waals surface area contributed by atoms with Gasteiger partial charge in [0.1, 0.15) is 18.0 Å². The maximum Gasteiger partial charge on any atom is 0.227 e. The van der Waals surface area contributed by atoms with Crippen LogP contribution in [-0.4, -0.2) is 56.8 Å². The van der Waals surface area contributed by atoms with Crippen LogP contribution in [0, 0.1) is 12.7 Å². The van der Waals surface area contributed by atoms with Crippen molar-refractivity contribution < 1.29 is 9.18 Å². The molecule has 0 atom stereocenters. The first kappa shape index (κ1) is 16.4. The van der Waals surface area contributed by atoms with Crippen LogP contribution in [0.5, 0.6) is 0 Å². The first-order valence-corrected chi connectivity index (χ1v) is 8.55. The first-order valence-electron chi connectivity index (χ1n) is 8.55. The van der Waals surface area contributed by atoms with E-state index in [2.05, 4.69) is 20.2 Å². The van der Waals surface area contributed by atoms with Gasteiger partial charge in [0.05, 0.1) is 6.42 Å². The van der Waals surface area contributed by atoms with Crippen molar-refractivity contribution in [1.29, 1.82) is 0 Å². The van der Waals surface area contributed by atoms with Crippen molar-refractivity contribution in [2.45, 2.75) is 13.3 Å². The zero-order chi connectivity index (χ0) is 18.1. The summed E-state index contributed by atoms with van der Waals surface area (Å²) >= 11 is 0. The van der Waals surface area contributed by atoms with Crippen molar-refractivity contribution in [1.82, 2.24) is 24.7 Å². The standard InChI is InChI=1S/C18H19FN6O/c1-13-10-15(19)3-2-14(13)11-18(26)24-8-6-23(7-9-24)17-5-4-16-21-20-12-25(16)22-17/h2-5,10,12H,6-9,11H2,1H3. The fraction of sp³-hybridized carbons (Fsp3) is 0.333. The minimum absolute atomic E-state index is 0.0709. The first-order chi connectivity index (χ1) is 12.6. The van der Waals surface area contributed by atoms with E-state index in [1.807, 2.05) is 24.0 Å². The molecule has 26 heavy (non-hydrogen) atoms. The number of carbonyl (C=O) groups is 1. The molecule has 3 heterocycles. The monoisotopic (exact) mass is 354 g/mol. The lowest BCUT2D eigenvalue weighted by atomic mass is 10.0. The molecular weight excluding hydrogens is 335 g/mol. The molecule has 2 aromatic heterocycles. The predicted molar refractivity (Wildman–Crippen MR) is 94.4 cm³/mol. The molecule has 1 aromatic carbocycles. The van der Waals surface area contributed by atoms with Gasteiger partial charge in [-0.15, -0.1) is 15.3 Å². The number of anilines is 1. The van der Waals surface area contributed by atoms with E-state index in [0.717, 1.165) is 30.0 Å². The summed E-state index contributed by atoms with van der Waals surface area (Å²) in [5.74, 6) is 0.644. The Morgan fingerprint density at radius 2 is 1.96 bits per heavy atom. The molecule has 1 saturated heterocycles. The molecule has 1 fully saturated rings. The number of aryl methyl sites for hydroxylation is 1.